The number of thioether (sulfide) groups is 1. The minimum atomic E-state index is -0.983. The molecule has 0 spiro atoms. The highest BCUT2D eigenvalue weighted by atomic mass is 32.2. The lowest BCUT2D eigenvalue weighted by Crippen LogP contribution is -2.18. The molecular formula is C13H13N3O4S. The molecule has 0 saturated carbocycles. The van der Waals surface area contributed by atoms with Crippen molar-refractivity contribution in [2.75, 3.05) is 12.9 Å². The van der Waals surface area contributed by atoms with Gasteiger partial charge in [0.05, 0.1) is 12.9 Å². The molecule has 2 N–H and O–H groups in total. The summed E-state index contributed by atoms with van der Waals surface area (Å²) in [4.78, 5) is 24.9. The zero-order chi connectivity index (χ0) is 15.2. The van der Waals surface area contributed by atoms with Crippen molar-refractivity contribution in [2.24, 2.45) is 0 Å². The molecular weight excluding hydrogens is 294 g/mol. The number of rotatable bonds is 6. The van der Waals surface area contributed by atoms with Crippen molar-refractivity contribution >= 4 is 17.7 Å². The number of nitrogens with zero attached hydrogens (tertiary/aromatic N) is 2. The highest BCUT2D eigenvalue weighted by Crippen LogP contribution is 2.14. The maximum absolute atomic E-state index is 11.9. The van der Waals surface area contributed by atoms with Gasteiger partial charge in [0, 0.05) is 6.42 Å². The van der Waals surface area contributed by atoms with E-state index < -0.39 is 5.97 Å². The Balaban J connectivity index is 2.13. The van der Waals surface area contributed by atoms with Gasteiger partial charge in [0.15, 0.2) is 5.16 Å². The number of H-pyrrole nitrogens is 1. The van der Waals surface area contributed by atoms with Crippen LogP contribution in [0.1, 0.15) is 11.3 Å². The van der Waals surface area contributed by atoms with Gasteiger partial charge in [0.2, 0.25) is 0 Å². The van der Waals surface area contributed by atoms with Crippen molar-refractivity contribution in [1.82, 2.24) is 15.2 Å². The van der Waals surface area contributed by atoms with E-state index in [-0.39, 0.29) is 22.2 Å². The molecule has 7 nitrogen and oxygen atoms in total. The van der Waals surface area contributed by atoms with Crippen LogP contribution in [-0.2, 0) is 11.2 Å². The number of nitrogens with one attached hydrogen (secondary N) is 1. The molecule has 0 atom stereocenters. The quantitative estimate of drug-likeness (QED) is 0.765. The Morgan fingerprint density at radius 2 is 2.24 bits per heavy atom. The molecule has 0 amide bonds. The van der Waals surface area contributed by atoms with Crippen LogP contribution < -0.4 is 10.3 Å². The Morgan fingerprint density at radius 3 is 2.90 bits per heavy atom. The first-order chi connectivity index (χ1) is 10.1. The number of hydrogen-bond acceptors (Lipinski definition) is 6. The van der Waals surface area contributed by atoms with Gasteiger partial charge in [-0.2, -0.15) is 0 Å². The maximum atomic E-state index is 11.9. The number of hydrogen-bond donors (Lipinski definition) is 2. The average Bonchev–Trinajstić information content (AvgIpc) is 2.48. The van der Waals surface area contributed by atoms with Crippen LogP contribution >= 0.6 is 11.8 Å². The highest BCUT2D eigenvalue weighted by Gasteiger charge is 2.08. The van der Waals surface area contributed by atoms with Gasteiger partial charge in [-0.05, 0) is 17.7 Å². The summed E-state index contributed by atoms with van der Waals surface area (Å²) < 4.78 is 5.12. The summed E-state index contributed by atoms with van der Waals surface area (Å²) >= 11 is 0.915. The van der Waals surface area contributed by atoms with Crippen LogP contribution in [0.15, 0.2) is 34.2 Å². The Labute approximate surface area is 124 Å². The molecule has 1 heterocycles. The highest BCUT2D eigenvalue weighted by molar-refractivity contribution is 7.99. The lowest BCUT2D eigenvalue weighted by Gasteiger charge is -2.04. The van der Waals surface area contributed by atoms with E-state index in [9.17, 15) is 9.59 Å². The Morgan fingerprint density at radius 1 is 1.43 bits per heavy atom. The first kappa shape index (κ1) is 15.0. The SMILES string of the molecule is COc1cccc(Cc2nnc(SCC(=O)O)[nH]c2=O)c1. The van der Waals surface area contributed by atoms with Crippen LogP contribution in [0.2, 0.25) is 0 Å². The molecule has 1 aromatic carbocycles. The standard InChI is InChI=1S/C13H13N3O4S/c1-20-9-4-2-3-8(5-9)6-10-12(19)14-13(16-15-10)21-7-11(17)18/h2-5H,6-7H2,1H3,(H,17,18)(H,14,16,19). The summed E-state index contributed by atoms with van der Waals surface area (Å²) in [5.41, 5.74) is 0.767. The number of benzene rings is 1. The van der Waals surface area contributed by atoms with Crippen LogP contribution in [0.3, 0.4) is 0 Å². The summed E-state index contributed by atoms with van der Waals surface area (Å²) in [5.74, 6) is -0.464. The third-order valence-corrected chi connectivity index (χ3v) is 3.43. The molecule has 1 aromatic heterocycles. The minimum absolute atomic E-state index is 0.181. The third kappa shape index (κ3) is 4.32. The largest absolute Gasteiger partial charge is 0.497 e. The average molecular weight is 307 g/mol. The molecule has 0 unspecified atom stereocenters. The van der Waals surface area contributed by atoms with Gasteiger partial charge in [0.25, 0.3) is 5.56 Å². The summed E-state index contributed by atoms with van der Waals surface area (Å²) in [6.07, 6.45) is 0.323. The molecule has 21 heavy (non-hydrogen) atoms. The number of aliphatic carboxylic acids is 1. The number of carbonyl (C=O) groups is 1. The summed E-state index contributed by atoms with van der Waals surface area (Å²) in [5, 5.41) is 16.4. The number of carboxylic acids is 1. The van der Waals surface area contributed by atoms with Gasteiger partial charge in [-0.25, -0.2) is 0 Å². The molecule has 8 heteroatoms. The van der Waals surface area contributed by atoms with Gasteiger partial charge in [-0.1, -0.05) is 23.9 Å². The smallest absolute Gasteiger partial charge is 0.313 e. The number of methoxy groups -OCH3 is 1. The Kier molecular flexibility index (Phi) is 4.94. The Bertz CT molecular complexity index is 702. The zero-order valence-corrected chi connectivity index (χ0v) is 12.0. The monoisotopic (exact) mass is 307 g/mol. The van der Waals surface area contributed by atoms with Crippen molar-refractivity contribution in [3.05, 3.63) is 45.9 Å². The van der Waals surface area contributed by atoms with E-state index in [2.05, 4.69) is 15.2 Å². The molecule has 0 radical (unpaired) electrons. The summed E-state index contributed by atoms with van der Waals surface area (Å²) in [6.45, 7) is 0. The van der Waals surface area contributed by atoms with Crippen molar-refractivity contribution < 1.29 is 14.6 Å². The van der Waals surface area contributed by atoms with Gasteiger partial charge in [-0.3, -0.25) is 14.6 Å². The maximum Gasteiger partial charge on any atom is 0.313 e. The Hall–Kier alpha value is -2.35. The van der Waals surface area contributed by atoms with Crippen molar-refractivity contribution in [3.63, 3.8) is 0 Å². The fourth-order valence-corrected chi connectivity index (χ4v) is 2.16. The molecule has 0 saturated heterocycles. The number of aromatic nitrogens is 3. The first-order valence-corrected chi connectivity index (χ1v) is 7.00. The fourth-order valence-electron chi connectivity index (χ4n) is 1.63. The van der Waals surface area contributed by atoms with Crippen LogP contribution in [0.4, 0.5) is 0 Å². The van der Waals surface area contributed by atoms with E-state index in [4.69, 9.17) is 9.84 Å². The molecule has 0 fully saturated rings. The van der Waals surface area contributed by atoms with Gasteiger partial charge in [0.1, 0.15) is 11.4 Å². The van der Waals surface area contributed by atoms with E-state index in [1.807, 2.05) is 24.3 Å². The van der Waals surface area contributed by atoms with Crippen LogP contribution in [0, 0.1) is 0 Å². The second-order valence-corrected chi connectivity index (χ2v) is 5.08. The topological polar surface area (TPSA) is 105 Å². The molecule has 0 aliphatic rings. The van der Waals surface area contributed by atoms with E-state index in [1.165, 1.54) is 0 Å². The molecule has 110 valence electrons. The van der Waals surface area contributed by atoms with Gasteiger partial charge < -0.3 is 9.84 Å². The van der Waals surface area contributed by atoms with Crippen molar-refractivity contribution in [3.8, 4) is 5.75 Å². The zero-order valence-electron chi connectivity index (χ0n) is 11.2. The molecule has 2 aromatic rings. The second-order valence-electron chi connectivity index (χ2n) is 4.12. The summed E-state index contributed by atoms with van der Waals surface area (Å²) in [7, 11) is 1.57. The number of aromatic amines is 1. The van der Waals surface area contributed by atoms with Crippen LogP contribution in [0.5, 0.6) is 5.75 Å². The molecule has 0 aliphatic carbocycles. The molecule has 2 rings (SSSR count). The fraction of sp³-hybridized carbons (Fsp3) is 0.231. The van der Waals surface area contributed by atoms with E-state index >= 15 is 0 Å². The predicted octanol–water partition coefficient (Wildman–Crippen LogP) is 0.941. The van der Waals surface area contributed by atoms with E-state index in [1.54, 1.807) is 7.11 Å². The van der Waals surface area contributed by atoms with E-state index in [0.29, 0.717) is 12.2 Å². The number of carboxylic acid groups (broad SMARTS) is 1. The van der Waals surface area contributed by atoms with E-state index in [0.717, 1.165) is 17.3 Å². The number of ether oxygens (including phenoxy) is 1. The minimum Gasteiger partial charge on any atom is -0.497 e. The third-order valence-electron chi connectivity index (χ3n) is 2.58. The van der Waals surface area contributed by atoms with Crippen LogP contribution in [-0.4, -0.2) is 39.1 Å². The molecule has 0 bridgehead atoms. The normalized spacial score (nSPS) is 10.3. The second kappa shape index (κ2) is 6.89. The lowest BCUT2D eigenvalue weighted by atomic mass is 10.1. The summed E-state index contributed by atoms with van der Waals surface area (Å²) in [6, 6.07) is 7.31. The first-order valence-electron chi connectivity index (χ1n) is 6.02. The lowest BCUT2D eigenvalue weighted by molar-refractivity contribution is -0.133. The van der Waals surface area contributed by atoms with Gasteiger partial charge in [-0.15, -0.1) is 10.2 Å². The molecule has 0 aliphatic heterocycles. The van der Waals surface area contributed by atoms with Crippen molar-refractivity contribution in [2.45, 2.75) is 11.6 Å². The van der Waals surface area contributed by atoms with Gasteiger partial charge >= 0.3 is 5.97 Å². The predicted molar refractivity (Wildman–Crippen MR) is 76.8 cm³/mol. The van der Waals surface area contributed by atoms with Crippen molar-refractivity contribution in [1.29, 1.82) is 0 Å². The van der Waals surface area contributed by atoms with Crippen LogP contribution in [0.25, 0.3) is 0 Å².